The monoisotopic (exact) mass is 333 g/mol. The number of aromatic nitrogens is 1. The van der Waals surface area contributed by atoms with Crippen LogP contribution in [0.15, 0.2) is 79.0 Å². The molecule has 124 valence electrons. The maximum absolute atomic E-state index is 12.9. The second-order valence-electron chi connectivity index (χ2n) is 5.37. The summed E-state index contributed by atoms with van der Waals surface area (Å²) in [6.07, 6.45) is 1.62. The smallest absolute Gasteiger partial charge is 0.269 e. The zero-order valence-corrected chi connectivity index (χ0v) is 13.3. The molecule has 1 amide bonds. The number of pyridine rings is 1. The summed E-state index contributed by atoms with van der Waals surface area (Å²) >= 11 is 0. The Morgan fingerprint density at radius 2 is 1.64 bits per heavy atom. The van der Waals surface area contributed by atoms with Gasteiger partial charge in [0.1, 0.15) is 5.82 Å². The van der Waals surface area contributed by atoms with Crippen LogP contribution in [-0.2, 0) is 6.54 Å². The third kappa shape index (κ3) is 3.87. The van der Waals surface area contributed by atoms with Gasteiger partial charge in [0.05, 0.1) is 11.5 Å². The van der Waals surface area contributed by atoms with E-state index in [0.29, 0.717) is 17.9 Å². The summed E-state index contributed by atoms with van der Waals surface area (Å²) in [5, 5.41) is 10.8. The number of anilines is 1. The van der Waals surface area contributed by atoms with E-state index < -0.39 is 4.92 Å². The number of carbonyl (C=O) groups excluding carboxylic acids is 1. The van der Waals surface area contributed by atoms with Crippen molar-refractivity contribution in [2.24, 2.45) is 0 Å². The van der Waals surface area contributed by atoms with E-state index in [2.05, 4.69) is 4.98 Å². The average molecular weight is 333 g/mol. The first-order valence-electron chi connectivity index (χ1n) is 7.66. The number of hydrogen-bond donors (Lipinski definition) is 0. The number of non-ortho nitro benzene ring substituents is 1. The zero-order valence-electron chi connectivity index (χ0n) is 13.3. The molecular formula is C19H15N3O3. The molecule has 0 aliphatic heterocycles. The number of carbonyl (C=O) groups is 1. The lowest BCUT2D eigenvalue weighted by Gasteiger charge is -2.22. The van der Waals surface area contributed by atoms with Gasteiger partial charge in [0.15, 0.2) is 0 Å². The molecule has 0 bridgehead atoms. The van der Waals surface area contributed by atoms with Gasteiger partial charge in [-0.2, -0.15) is 0 Å². The van der Waals surface area contributed by atoms with Crippen molar-refractivity contribution in [2.45, 2.75) is 6.54 Å². The first-order chi connectivity index (χ1) is 12.1. The lowest BCUT2D eigenvalue weighted by molar-refractivity contribution is -0.384. The molecule has 1 heterocycles. The third-order valence-corrected chi connectivity index (χ3v) is 3.68. The van der Waals surface area contributed by atoms with Crippen LogP contribution in [0.4, 0.5) is 11.5 Å². The van der Waals surface area contributed by atoms with E-state index >= 15 is 0 Å². The lowest BCUT2D eigenvalue weighted by Crippen LogP contribution is -2.31. The van der Waals surface area contributed by atoms with E-state index in [1.807, 2.05) is 36.4 Å². The van der Waals surface area contributed by atoms with Crippen LogP contribution in [0.3, 0.4) is 0 Å². The molecule has 0 fully saturated rings. The summed E-state index contributed by atoms with van der Waals surface area (Å²) in [6.45, 7) is 0.355. The van der Waals surface area contributed by atoms with Crippen molar-refractivity contribution in [3.63, 3.8) is 0 Å². The Morgan fingerprint density at radius 3 is 2.24 bits per heavy atom. The van der Waals surface area contributed by atoms with Gasteiger partial charge < -0.3 is 0 Å². The van der Waals surface area contributed by atoms with Crippen molar-refractivity contribution in [2.75, 3.05) is 4.90 Å². The highest BCUT2D eigenvalue weighted by Gasteiger charge is 2.20. The van der Waals surface area contributed by atoms with E-state index in [0.717, 1.165) is 5.56 Å². The standard InChI is InChI=1S/C19H15N3O3/c23-19(16-9-11-17(12-10-16)22(24)25)21(18-8-4-5-13-20-18)14-15-6-2-1-3-7-15/h1-13H,14H2. The quantitative estimate of drug-likeness (QED) is 0.525. The van der Waals surface area contributed by atoms with Gasteiger partial charge in [-0.15, -0.1) is 0 Å². The molecular weight excluding hydrogens is 318 g/mol. The highest BCUT2D eigenvalue weighted by molar-refractivity contribution is 6.05. The van der Waals surface area contributed by atoms with E-state index in [4.69, 9.17) is 0 Å². The molecule has 3 aromatic rings. The molecule has 0 aliphatic rings. The van der Waals surface area contributed by atoms with Gasteiger partial charge in [0, 0.05) is 23.9 Å². The van der Waals surface area contributed by atoms with E-state index in [1.165, 1.54) is 24.3 Å². The third-order valence-electron chi connectivity index (χ3n) is 3.68. The van der Waals surface area contributed by atoms with Crippen LogP contribution in [-0.4, -0.2) is 15.8 Å². The fraction of sp³-hybridized carbons (Fsp3) is 0.0526. The number of hydrogen-bond acceptors (Lipinski definition) is 4. The summed E-state index contributed by atoms with van der Waals surface area (Å²) in [4.78, 5) is 29.1. The Bertz CT molecular complexity index is 865. The normalized spacial score (nSPS) is 10.2. The summed E-state index contributed by atoms with van der Waals surface area (Å²) in [7, 11) is 0. The highest BCUT2D eigenvalue weighted by Crippen LogP contribution is 2.19. The molecule has 0 saturated carbocycles. The number of benzene rings is 2. The van der Waals surface area contributed by atoms with Crippen molar-refractivity contribution in [1.29, 1.82) is 0 Å². The minimum Gasteiger partial charge on any atom is -0.288 e. The highest BCUT2D eigenvalue weighted by atomic mass is 16.6. The van der Waals surface area contributed by atoms with E-state index in [1.54, 1.807) is 23.2 Å². The predicted molar refractivity (Wildman–Crippen MR) is 94.3 cm³/mol. The molecule has 0 saturated heterocycles. The predicted octanol–water partition coefficient (Wildman–Crippen LogP) is 3.84. The van der Waals surface area contributed by atoms with Crippen LogP contribution in [0.1, 0.15) is 15.9 Å². The van der Waals surface area contributed by atoms with Gasteiger partial charge in [0.25, 0.3) is 11.6 Å². The van der Waals surface area contributed by atoms with Crippen molar-refractivity contribution >= 4 is 17.4 Å². The lowest BCUT2D eigenvalue weighted by atomic mass is 10.1. The first-order valence-corrected chi connectivity index (χ1v) is 7.66. The van der Waals surface area contributed by atoms with Gasteiger partial charge in [-0.25, -0.2) is 4.98 Å². The molecule has 0 N–H and O–H groups in total. The van der Waals surface area contributed by atoms with Crippen molar-refractivity contribution in [3.05, 3.63) is 100 Å². The van der Waals surface area contributed by atoms with Crippen LogP contribution in [0.25, 0.3) is 0 Å². The van der Waals surface area contributed by atoms with Gasteiger partial charge in [-0.3, -0.25) is 19.8 Å². The molecule has 3 rings (SSSR count). The van der Waals surface area contributed by atoms with Crippen LogP contribution in [0, 0.1) is 10.1 Å². The van der Waals surface area contributed by atoms with Gasteiger partial charge in [-0.1, -0.05) is 36.4 Å². The Balaban J connectivity index is 1.93. The molecule has 0 radical (unpaired) electrons. The maximum atomic E-state index is 12.9. The molecule has 25 heavy (non-hydrogen) atoms. The number of rotatable bonds is 5. The summed E-state index contributed by atoms with van der Waals surface area (Å²) < 4.78 is 0. The van der Waals surface area contributed by atoms with Crippen LogP contribution in [0.2, 0.25) is 0 Å². The van der Waals surface area contributed by atoms with Crippen molar-refractivity contribution in [1.82, 2.24) is 4.98 Å². The molecule has 6 nitrogen and oxygen atoms in total. The Hall–Kier alpha value is -3.54. The molecule has 0 aliphatic carbocycles. The van der Waals surface area contributed by atoms with E-state index in [-0.39, 0.29) is 11.6 Å². The topological polar surface area (TPSA) is 76.3 Å². The minimum absolute atomic E-state index is 0.0519. The summed E-state index contributed by atoms with van der Waals surface area (Å²) in [6, 6.07) is 20.5. The Morgan fingerprint density at radius 1 is 0.960 bits per heavy atom. The van der Waals surface area contributed by atoms with Crippen LogP contribution >= 0.6 is 0 Å². The van der Waals surface area contributed by atoms with Gasteiger partial charge in [0.2, 0.25) is 0 Å². The van der Waals surface area contributed by atoms with Gasteiger partial charge in [-0.05, 0) is 29.8 Å². The Labute approximate surface area is 144 Å². The molecule has 6 heteroatoms. The number of nitrogens with zero attached hydrogens (tertiary/aromatic N) is 3. The average Bonchev–Trinajstić information content (AvgIpc) is 2.67. The van der Waals surface area contributed by atoms with Gasteiger partial charge >= 0.3 is 0 Å². The molecule has 1 aromatic heterocycles. The van der Waals surface area contributed by atoms with Crippen molar-refractivity contribution < 1.29 is 9.72 Å². The summed E-state index contributed by atoms with van der Waals surface area (Å²) in [5.74, 6) is 0.257. The van der Waals surface area contributed by atoms with Crippen LogP contribution in [0.5, 0.6) is 0 Å². The Kier molecular flexibility index (Phi) is 4.80. The van der Waals surface area contributed by atoms with E-state index in [9.17, 15) is 14.9 Å². The maximum Gasteiger partial charge on any atom is 0.269 e. The number of amides is 1. The first kappa shape index (κ1) is 16.3. The SMILES string of the molecule is O=C(c1ccc([N+](=O)[O-])cc1)N(Cc1ccccc1)c1ccccn1. The largest absolute Gasteiger partial charge is 0.288 e. The molecule has 2 aromatic carbocycles. The summed E-state index contributed by atoms with van der Waals surface area (Å²) in [5.41, 5.74) is 1.28. The number of nitro groups is 1. The van der Waals surface area contributed by atoms with Crippen LogP contribution < -0.4 is 4.90 Å². The second-order valence-corrected chi connectivity index (χ2v) is 5.37. The minimum atomic E-state index is -0.491. The molecule has 0 atom stereocenters. The zero-order chi connectivity index (χ0) is 17.6. The molecule has 0 spiro atoms. The molecule has 0 unspecified atom stereocenters. The fourth-order valence-corrected chi connectivity index (χ4v) is 2.42. The number of nitro benzene ring substituents is 1. The van der Waals surface area contributed by atoms with Crippen molar-refractivity contribution in [3.8, 4) is 0 Å². The second kappa shape index (κ2) is 7.35. The fourth-order valence-electron chi connectivity index (χ4n) is 2.42.